The largest absolute Gasteiger partial charge is 0.389 e. The fraction of sp³-hybridized carbons (Fsp3) is 0.385. The Kier molecular flexibility index (Phi) is 3.91. The average Bonchev–Trinajstić information content (AvgIpc) is 2.33. The number of halogens is 1. The summed E-state index contributed by atoms with van der Waals surface area (Å²) in [5.74, 6) is -0.614. The normalized spacial score (nSPS) is 21.3. The summed E-state index contributed by atoms with van der Waals surface area (Å²) in [6.07, 6.45) is -0.561. The first-order chi connectivity index (χ1) is 8.90. The summed E-state index contributed by atoms with van der Waals surface area (Å²) in [7, 11) is 0. The number of amides is 2. The van der Waals surface area contributed by atoms with Crippen LogP contribution in [0.4, 0.5) is 5.69 Å². The van der Waals surface area contributed by atoms with Gasteiger partial charge in [0.15, 0.2) is 0 Å². The van der Waals surface area contributed by atoms with Crippen molar-refractivity contribution in [3.05, 3.63) is 28.2 Å². The van der Waals surface area contributed by atoms with Crippen LogP contribution in [0.5, 0.6) is 0 Å². The van der Waals surface area contributed by atoms with Gasteiger partial charge >= 0.3 is 0 Å². The first-order valence-electron chi connectivity index (χ1n) is 5.98. The summed E-state index contributed by atoms with van der Waals surface area (Å²) in [5, 5.41) is 11.8. The number of carbonyl (C=O) groups excluding carboxylic acids is 2. The molecule has 2 amide bonds. The highest BCUT2D eigenvalue weighted by atomic mass is 79.9. The highest BCUT2D eigenvalue weighted by molar-refractivity contribution is 9.10. The number of benzene rings is 1. The van der Waals surface area contributed by atoms with Gasteiger partial charge in [0.2, 0.25) is 11.8 Å². The molecular weight excluding hydrogens is 312 g/mol. The molecule has 2 rings (SSSR count). The van der Waals surface area contributed by atoms with E-state index in [0.29, 0.717) is 0 Å². The van der Waals surface area contributed by atoms with Crippen LogP contribution >= 0.6 is 15.9 Å². The van der Waals surface area contributed by atoms with Gasteiger partial charge in [0.05, 0.1) is 18.3 Å². The van der Waals surface area contributed by atoms with Crippen LogP contribution in [-0.2, 0) is 9.59 Å². The van der Waals surface area contributed by atoms with Crippen LogP contribution in [0.2, 0.25) is 0 Å². The number of hydrogen-bond acceptors (Lipinski definition) is 4. The molecule has 2 unspecified atom stereocenters. The maximum atomic E-state index is 11.6. The van der Waals surface area contributed by atoms with E-state index in [-0.39, 0.29) is 18.4 Å². The maximum Gasteiger partial charge on any atom is 0.249 e. The van der Waals surface area contributed by atoms with Crippen LogP contribution in [0.1, 0.15) is 25.5 Å². The third-order valence-electron chi connectivity index (χ3n) is 3.19. The van der Waals surface area contributed by atoms with Crippen molar-refractivity contribution in [3.63, 3.8) is 0 Å². The lowest BCUT2D eigenvalue weighted by Gasteiger charge is -2.34. The molecule has 1 fully saturated rings. The minimum absolute atomic E-state index is 0.138. The smallest absolute Gasteiger partial charge is 0.249 e. The van der Waals surface area contributed by atoms with Gasteiger partial charge in [-0.15, -0.1) is 0 Å². The number of aliphatic hydroxyl groups excluding tert-OH is 1. The fourth-order valence-electron chi connectivity index (χ4n) is 2.02. The Labute approximate surface area is 119 Å². The number of carbonyl (C=O) groups is 2. The number of piperazine rings is 1. The molecule has 5 nitrogen and oxygen atoms in total. The second-order valence-corrected chi connectivity index (χ2v) is 5.46. The summed E-state index contributed by atoms with van der Waals surface area (Å²) in [6.45, 7) is 3.57. The lowest BCUT2D eigenvalue weighted by Crippen LogP contribution is -2.57. The van der Waals surface area contributed by atoms with Gasteiger partial charge in [0, 0.05) is 4.47 Å². The summed E-state index contributed by atoms with van der Waals surface area (Å²) in [5.41, 5.74) is 1.54. The van der Waals surface area contributed by atoms with Crippen LogP contribution in [0.3, 0.4) is 0 Å². The zero-order chi connectivity index (χ0) is 14.2. The van der Waals surface area contributed by atoms with Crippen LogP contribution in [0, 0.1) is 0 Å². The van der Waals surface area contributed by atoms with E-state index < -0.39 is 12.1 Å². The Balaban J connectivity index is 2.35. The quantitative estimate of drug-likeness (QED) is 0.805. The van der Waals surface area contributed by atoms with Crippen molar-refractivity contribution in [2.24, 2.45) is 0 Å². The van der Waals surface area contributed by atoms with Gasteiger partial charge in [-0.25, -0.2) is 0 Å². The van der Waals surface area contributed by atoms with Gasteiger partial charge in [-0.05, 0) is 47.5 Å². The van der Waals surface area contributed by atoms with Gasteiger partial charge in [0.25, 0.3) is 0 Å². The van der Waals surface area contributed by atoms with Crippen LogP contribution < -0.4 is 10.2 Å². The van der Waals surface area contributed by atoms with Gasteiger partial charge in [0.1, 0.15) is 6.04 Å². The van der Waals surface area contributed by atoms with Crippen LogP contribution in [0.25, 0.3) is 0 Å². The number of imide groups is 1. The maximum absolute atomic E-state index is 11.6. The predicted molar refractivity (Wildman–Crippen MR) is 74.7 cm³/mol. The molecule has 0 radical (unpaired) electrons. The molecule has 0 spiro atoms. The lowest BCUT2D eigenvalue weighted by molar-refractivity contribution is -0.132. The standard InChI is InChI=1S/C13H15BrN2O3/c1-7-13(19)15-12(18)6-16(7)11-4-3-9(8(2)17)5-10(11)14/h3-5,7-8,17H,6H2,1-2H3,(H,15,18,19). The summed E-state index contributed by atoms with van der Waals surface area (Å²) < 4.78 is 0.750. The number of nitrogens with zero attached hydrogens (tertiary/aromatic N) is 1. The van der Waals surface area contributed by atoms with E-state index in [1.54, 1.807) is 36.9 Å². The number of hydrogen-bond donors (Lipinski definition) is 2. The van der Waals surface area contributed by atoms with Crippen LogP contribution in [-0.4, -0.2) is 29.5 Å². The Bertz CT molecular complexity index is 531. The van der Waals surface area contributed by atoms with Crippen molar-refractivity contribution < 1.29 is 14.7 Å². The molecule has 1 aromatic rings. The Hall–Kier alpha value is -1.40. The molecule has 102 valence electrons. The van der Waals surface area contributed by atoms with Crippen molar-refractivity contribution in [2.45, 2.75) is 26.0 Å². The number of rotatable bonds is 2. The van der Waals surface area contributed by atoms with Crippen LogP contribution in [0.15, 0.2) is 22.7 Å². The Morgan fingerprint density at radius 3 is 2.74 bits per heavy atom. The fourth-order valence-corrected chi connectivity index (χ4v) is 2.65. The van der Waals surface area contributed by atoms with E-state index in [1.807, 2.05) is 0 Å². The van der Waals surface area contributed by atoms with E-state index >= 15 is 0 Å². The third-order valence-corrected chi connectivity index (χ3v) is 3.82. The van der Waals surface area contributed by atoms with E-state index in [2.05, 4.69) is 21.2 Å². The zero-order valence-electron chi connectivity index (χ0n) is 10.7. The van der Waals surface area contributed by atoms with Crippen molar-refractivity contribution >= 4 is 33.4 Å². The summed E-state index contributed by atoms with van der Waals surface area (Å²) >= 11 is 3.42. The highest BCUT2D eigenvalue weighted by Gasteiger charge is 2.31. The first kappa shape index (κ1) is 14.0. The van der Waals surface area contributed by atoms with Gasteiger partial charge in [-0.2, -0.15) is 0 Å². The second-order valence-electron chi connectivity index (χ2n) is 4.60. The Morgan fingerprint density at radius 2 is 2.16 bits per heavy atom. The first-order valence-corrected chi connectivity index (χ1v) is 6.77. The van der Waals surface area contributed by atoms with Crippen molar-refractivity contribution in [1.82, 2.24) is 5.32 Å². The molecule has 1 aromatic carbocycles. The molecule has 0 aromatic heterocycles. The monoisotopic (exact) mass is 326 g/mol. The van der Waals surface area contributed by atoms with Gasteiger partial charge in [-0.3, -0.25) is 14.9 Å². The molecule has 6 heteroatoms. The minimum atomic E-state index is -0.561. The number of nitrogens with one attached hydrogen (secondary N) is 1. The van der Waals surface area contributed by atoms with Gasteiger partial charge < -0.3 is 10.0 Å². The van der Waals surface area contributed by atoms with Crippen molar-refractivity contribution in [1.29, 1.82) is 0 Å². The molecular formula is C13H15BrN2O3. The molecule has 2 N–H and O–H groups in total. The molecule has 0 aliphatic carbocycles. The third kappa shape index (κ3) is 2.79. The van der Waals surface area contributed by atoms with E-state index in [9.17, 15) is 14.7 Å². The van der Waals surface area contributed by atoms with Crippen molar-refractivity contribution in [3.8, 4) is 0 Å². The SMILES string of the molecule is CC(O)c1ccc(N2CC(=O)NC(=O)C2C)c(Br)c1. The van der Waals surface area contributed by atoms with E-state index in [4.69, 9.17) is 0 Å². The van der Waals surface area contributed by atoms with E-state index in [1.165, 1.54) is 0 Å². The molecule has 1 heterocycles. The lowest BCUT2D eigenvalue weighted by atomic mass is 10.1. The zero-order valence-corrected chi connectivity index (χ0v) is 12.3. The van der Waals surface area contributed by atoms with E-state index in [0.717, 1.165) is 15.7 Å². The molecule has 1 aliphatic heterocycles. The summed E-state index contributed by atoms with van der Waals surface area (Å²) in [4.78, 5) is 24.8. The van der Waals surface area contributed by atoms with Gasteiger partial charge in [-0.1, -0.05) is 6.07 Å². The predicted octanol–water partition coefficient (Wildman–Crippen LogP) is 1.35. The molecule has 19 heavy (non-hydrogen) atoms. The second kappa shape index (κ2) is 5.30. The highest BCUT2D eigenvalue weighted by Crippen LogP contribution is 2.31. The Morgan fingerprint density at radius 1 is 1.47 bits per heavy atom. The molecule has 2 atom stereocenters. The molecule has 1 saturated heterocycles. The molecule has 0 saturated carbocycles. The number of aliphatic hydroxyl groups is 1. The average molecular weight is 327 g/mol. The number of anilines is 1. The van der Waals surface area contributed by atoms with Crippen molar-refractivity contribution in [2.75, 3.05) is 11.4 Å². The summed E-state index contributed by atoms with van der Waals surface area (Å²) in [6, 6.07) is 4.97. The molecule has 0 bridgehead atoms. The topological polar surface area (TPSA) is 69.6 Å². The minimum Gasteiger partial charge on any atom is -0.389 e. The molecule has 1 aliphatic rings.